The number of methoxy groups -OCH3 is 3. The highest BCUT2D eigenvalue weighted by molar-refractivity contribution is 6.09. The highest BCUT2D eigenvalue weighted by atomic mass is 16.5. The smallest absolute Gasteiger partial charge is 0.255 e. The zero-order valence-electron chi connectivity index (χ0n) is 14.3. The maximum Gasteiger partial charge on any atom is 0.255 e. The first-order valence-corrected chi connectivity index (χ1v) is 7.77. The Morgan fingerprint density at radius 1 is 0.840 bits per heavy atom. The van der Waals surface area contributed by atoms with Crippen LogP contribution in [-0.4, -0.2) is 27.2 Å². The van der Waals surface area contributed by atoms with Gasteiger partial charge in [-0.3, -0.25) is 4.79 Å². The van der Waals surface area contributed by atoms with Gasteiger partial charge < -0.3 is 19.5 Å². The second-order valence-corrected chi connectivity index (χ2v) is 5.39. The molecule has 0 spiro atoms. The lowest BCUT2D eigenvalue weighted by molar-refractivity contribution is 0.102. The van der Waals surface area contributed by atoms with Crippen molar-refractivity contribution in [2.24, 2.45) is 0 Å². The molecule has 3 rings (SSSR count). The van der Waals surface area contributed by atoms with Gasteiger partial charge in [0.2, 0.25) is 5.75 Å². The lowest BCUT2D eigenvalue weighted by atomic mass is 10.1. The summed E-state index contributed by atoms with van der Waals surface area (Å²) in [6.45, 7) is 0. The molecule has 3 aromatic carbocycles. The van der Waals surface area contributed by atoms with E-state index in [1.165, 1.54) is 21.3 Å². The van der Waals surface area contributed by atoms with E-state index in [2.05, 4.69) is 5.32 Å². The predicted molar refractivity (Wildman–Crippen MR) is 98.0 cm³/mol. The fourth-order valence-electron chi connectivity index (χ4n) is 2.74. The van der Waals surface area contributed by atoms with Crippen LogP contribution in [0.4, 0.5) is 5.69 Å². The largest absolute Gasteiger partial charge is 0.493 e. The molecule has 0 heterocycles. The molecule has 0 aliphatic heterocycles. The molecule has 0 radical (unpaired) electrons. The molecule has 0 saturated carbocycles. The number of hydrogen-bond donors (Lipinski definition) is 1. The minimum absolute atomic E-state index is 0.254. The first kappa shape index (κ1) is 16.6. The van der Waals surface area contributed by atoms with Gasteiger partial charge in [-0.05, 0) is 23.6 Å². The molecule has 5 heteroatoms. The Morgan fingerprint density at radius 3 is 2.12 bits per heavy atom. The number of rotatable bonds is 5. The molecule has 0 atom stereocenters. The van der Waals surface area contributed by atoms with Gasteiger partial charge in [0, 0.05) is 16.6 Å². The lowest BCUT2D eigenvalue weighted by Gasteiger charge is -2.14. The van der Waals surface area contributed by atoms with Crippen molar-refractivity contribution in [2.75, 3.05) is 26.6 Å². The summed E-state index contributed by atoms with van der Waals surface area (Å²) in [4.78, 5) is 12.7. The highest BCUT2D eigenvalue weighted by Gasteiger charge is 2.17. The van der Waals surface area contributed by atoms with Gasteiger partial charge in [-0.1, -0.05) is 36.4 Å². The van der Waals surface area contributed by atoms with Crippen LogP contribution in [0, 0.1) is 0 Å². The fraction of sp³-hybridized carbons (Fsp3) is 0.150. The van der Waals surface area contributed by atoms with E-state index in [4.69, 9.17) is 14.2 Å². The number of hydrogen-bond acceptors (Lipinski definition) is 4. The zero-order valence-corrected chi connectivity index (χ0v) is 14.3. The SMILES string of the molecule is COc1cc(C(=O)Nc2cccc3ccccc23)cc(OC)c1OC. The van der Waals surface area contributed by atoms with E-state index >= 15 is 0 Å². The fourth-order valence-corrected chi connectivity index (χ4v) is 2.74. The van der Waals surface area contributed by atoms with E-state index < -0.39 is 0 Å². The third kappa shape index (κ3) is 3.21. The molecular weight excluding hydrogens is 318 g/mol. The third-order valence-corrected chi connectivity index (χ3v) is 3.96. The minimum Gasteiger partial charge on any atom is -0.493 e. The van der Waals surface area contributed by atoms with Crippen LogP contribution in [0.2, 0.25) is 0 Å². The van der Waals surface area contributed by atoms with Gasteiger partial charge >= 0.3 is 0 Å². The van der Waals surface area contributed by atoms with E-state index in [1.807, 2.05) is 42.5 Å². The van der Waals surface area contributed by atoms with Crippen LogP contribution in [0.3, 0.4) is 0 Å². The summed E-state index contributed by atoms with van der Waals surface area (Å²) in [6, 6.07) is 16.9. The van der Waals surface area contributed by atoms with Gasteiger partial charge in [-0.25, -0.2) is 0 Å². The van der Waals surface area contributed by atoms with E-state index in [0.717, 1.165) is 16.5 Å². The van der Waals surface area contributed by atoms with Gasteiger partial charge in [-0.15, -0.1) is 0 Å². The van der Waals surface area contributed by atoms with Crippen molar-refractivity contribution in [3.63, 3.8) is 0 Å². The van der Waals surface area contributed by atoms with Crippen molar-refractivity contribution in [1.29, 1.82) is 0 Å². The molecule has 0 aliphatic carbocycles. The summed E-state index contributed by atoms with van der Waals surface area (Å²) in [5.41, 5.74) is 1.17. The molecule has 1 amide bonds. The van der Waals surface area contributed by atoms with Crippen LogP contribution in [0.1, 0.15) is 10.4 Å². The van der Waals surface area contributed by atoms with Crippen molar-refractivity contribution in [3.8, 4) is 17.2 Å². The van der Waals surface area contributed by atoms with Crippen molar-refractivity contribution in [3.05, 3.63) is 60.2 Å². The molecule has 0 aliphatic rings. The predicted octanol–water partition coefficient (Wildman–Crippen LogP) is 4.12. The van der Waals surface area contributed by atoms with Crippen LogP contribution in [0.15, 0.2) is 54.6 Å². The Labute approximate surface area is 146 Å². The van der Waals surface area contributed by atoms with Crippen molar-refractivity contribution < 1.29 is 19.0 Å². The molecular formula is C20H19NO4. The summed E-state index contributed by atoms with van der Waals surface area (Å²) in [5.74, 6) is 1.07. The van der Waals surface area contributed by atoms with E-state index in [-0.39, 0.29) is 5.91 Å². The summed E-state index contributed by atoms with van der Waals surface area (Å²) >= 11 is 0. The minimum atomic E-state index is -0.254. The number of nitrogens with one attached hydrogen (secondary N) is 1. The quantitative estimate of drug-likeness (QED) is 0.761. The molecule has 128 valence electrons. The van der Waals surface area contributed by atoms with Crippen molar-refractivity contribution >= 4 is 22.4 Å². The van der Waals surface area contributed by atoms with Gasteiger partial charge in [0.05, 0.1) is 21.3 Å². The van der Waals surface area contributed by atoms with Gasteiger partial charge in [0.25, 0.3) is 5.91 Å². The summed E-state index contributed by atoms with van der Waals surface area (Å²) in [7, 11) is 4.56. The second-order valence-electron chi connectivity index (χ2n) is 5.39. The molecule has 0 unspecified atom stereocenters. The molecule has 0 fully saturated rings. The average Bonchev–Trinajstić information content (AvgIpc) is 2.66. The van der Waals surface area contributed by atoms with Crippen LogP contribution in [0.25, 0.3) is 10.8 Å². The number of carbonyl (C=O) groups is 1. The van der Waals surface area contributed by atoms with Crippen LogP contribution in [0.5, 0.6) is 17.2 Å². The Bertz CT molecular complexity index is 890. The number of amides is 1. The monoisotopic (exact) mass is 337 g/mol. The van der Waals surface area contributed by atoms with E-state index in [1.54, 1.807) is 12.1 Å². The van der Waals surface area contributed by atoms with Gasteiger partial charge in [0.15, 0.2) is 11.5 Å². The molecule has 0 aromatic heterocycles. The molecule has 25 heavy (non-hydrogen) atoms. The number of fused-ring (bicyclic) bond motifs is 1. The highest BCUT2D eigenvalue weighted by Crippen LogP contribution is 2.38. The Kier molecular flexibility index (Phi) is 4.75. The van der Waals surface area contributed by atoms with Crippen LogP contribution < -0.4 is 19.5 Å². The van der Waals surface area contributed by atoms with Gasteiger partial charge in [0.1, 0.15) is 0 Å². The number of ether oxygens (including phenoxy) is 3. The first-order chi connectivity index (χ1) is 12.2. The summed E-state index contributed by atoms with van der Waals surface area (Å²) in [5, 5.41) is 4.99. The number of benzene rings is 3. The summed E-state index contributed by atoms with van der Waals surface area (Å²) in [6.07, 6.45) is 0. The molecule has 0 saturated heterocycles. The number of carbonyl (C=O) groups excluding carboxylic acids is 1. The topological polar surface area (TPSA) is 56.8 Å². The van der Waals surface area contributed by atoms with Gasteiger partial charge in [-0.2, -0.15) is 0 Å². The molecule has 0 bridgehead atoms. The Morgan fingerprint density at radius 2 is 1.48 bits per heavy atom. The molecule has 3 aromatic rings. The van der Waals surface area contributed by atoms with E-state index in [9.17, 15) is 4.79 Å². The maximum atomic E-state index is 12.7. The average molecular weight is 337 g/mol. The number of anilines is 1. The van der Waals surface area contributed by atoms with Crippen LogP contribution in [-0.2, 0) is 0 Å². The standard InChI is InChI=1S/C20H19NO4/c1-23-17-11-14(12-18(24-2)19(17)25-3)20(22)21-16-10-6-8-13-7-4-5-9-15(13)16/h4-12H,1-3H3,(H,21,22). The van der Waals surface area contributed by atoms with Crippen molar-refractivity contribution in [1.82, 2.24) is 0 Å². The normalized spacial score (nSPS) is 10.4. The van der Waals surface area contributed by atoms with Crippen LogP contribution >= 0.6 is 0 Å². The lowest BCUT2D eigenvalue weighted by Crippen LogP contribution is -2.13. The van der Waals surface area contributed by atoms with E-state index in [0.29, 0.717) is 22.8 Å². The summed E-state index contributed by atoms with van der Waals surface area (Å²) < 4.78 is 15.9. The Hall–Kier alpha value is -3.21. The molecule has 1 N–H and O–H groups in total. The van der Waals surface area contributed by atoms with Crippen molar-refractivity contribution in [2.45, 2.75) is 0 Å². The maximum absolute atomic E-state index is 12.7. The molecule has 5 nitrogen and oxygen atoms in total. The third-order valence-electron chi connectivity index (χ3n) is 3.96. The first-order valence-electron chi connectivity index (χ1n) is 7.77. The zero-order chi connectivity index (χ0) is 17.8. The second kappa shape index (κ2) is 7.13. The Balaban J connectivity index is 1.98.